The molecule has 0 bridgehead atoms. The van der Waals surface area contributed by atoms with Crippen molar-refractivity contribution in [2.45, 2.75) is 31.3 Å². The van der Waals surface area contributed by atoms with Crippen LogP contribution < -0.4 is 20.1 Å². The van der Waals surface area contributed by atoms with Crippen molar-refractivity contribution in [3.8, 4) is 11.5 Å². The number of aliphatic hydroxyl groups is 1. The Morgan fingerprint density at radius 3 is 2.52 bits per heavy atom. The number of amides is 2. The Balaban J connectivity index is 1.55. The number of anilines is 1. The predicted octanol–water partition coefficient (Wildman–Crippen LogP) is 0.818. The van der Waals surface area contributed by atoms with Gasteiger partial charge in [0.15, 0.2) is 11.5 Å². The fraction of sp³-hybridized carbons (Fsp3) is 0.500. The molecule has 1 aromatic rings. The molecule has 124 valence electrons. The quantitative estimate of drug-likeness (QED) is 0.716. The summed E-state index contributed by atoms with van der Waals surface area (Å²) >= 11 is 0. The van der Waals surface area contributed by atoms with Gasteiger partial charge in [-0.2, -0.15) is 0 Å². The van der Waals surface area contributed by atoms with Crippen LogP contribution in [0.25, 0.3) is 0 Å². The van der Waals surface area contributed by atoms with Gasteiger partial charge in [-0.15, -0.1) is 0 Å². The first-order chi connectivity index (χ1) is 11.1. The Morgan fingerprint density at radius 2 is 1.78 bits per heavy atom. The second-order valence-corrected chi connectivity index (χ2v) is 5.93. The standard InChI is InChI=1S/C16H20N2O5/c19-14(17-10-16(21)5-1-2-6-16)15(20)18-11-3-4-12-13(9-11)23-8-7-22-12/h3-4,9,21H,1-2,5-8,10H2,(H,17,19)(H,18,20). The number of carbonyl (C=O) groups is 2. The largest absolute Gasteiger partial charge is 0.486 e. The zero-order valence-corrected chi connectivity index (χ0v) is 12.8. The molecule has 0 aromatic heterocycles. The van der Waals surface area contributed by atoms with Crippen molar-refractivity contribution in [2.24, 2.45) is 0 Å². The summed E-state index contributed by atoms with van der Waals surface area (Å²) in [4.78, 5) is 23.8. The minimum Gasteiger partial charge on any atom is -0.486 e. The number of carbonyl (C=O) groups excluding carboxylic acids is 2. The second-order valence-electron chi connectivity index (χ2n) is 5.93. The lowest BCUT2D eigenvalue weighted by atomic mass is 10.0. The van der Waals surface area contributed by atoms with Crippen LogP contribution in [-0.4, -0.2) is 42.3 Å². The number of rotatable bonds is 3. The number of fused-ring (bicyclic) bond motifs is 1. The van der Waals surface area contributed by atoms with Crippen LogP contribution in [-0.2, 0) is 9.59 Å². The Hall–Kier alpha value is -2.28. The molecule has 7 heteroatoms. The van der Waals surface area contributed by atoms with Crippen LogP contribution in [0.2, 0.25) is 0 Å². The van der Waals surface area contributed by atoms with Crippen LogP contribution in [0.3, 0.4) is 0 Å². The monoisotopic (exact) mass is 320 g/mol. The Kier molecular flexibility index (Phi) is 4.38. The molecule has 0 saturated heterocycles. The molecule has 1 aromatic carbocycles. The molecule has 1 saturated carbocycles. The zero-order chi connectivity index (χ0) is 16.3. The molecule has 1 fully saturated rings. The molecule has 1 aliphatic carbocycles. The fourth-order valence-corrected chi connectivity index (χ4v) is 2.84. The molecule has 7 nitrogen and oxygen atoms in total. The van der Waals surface area contributed by atoms with Gasteiger partial charge in [0, 0.05) is 18.3 Å². The third kappa shape index (κ3) is 3.73. The highest BCUT2D eigenvalue weighted by Gasteiger charge is 2.32. The molecule has 23 heavy (non-hydrogen) atoms. The van der Waals surface area contributed by atoms with E-state index in [2.05, 4.69) is 10.6 Å². The first kappa shape index (κ1) is 15.6. The highest BCUT2D eigenvalue weighted by molar-refractivity contribution is 6.39. The van der Waals surface area contributed by atoms with Crippen molar-refractivity contribution in [3.63, 3.8) is 0 Å². The summed E-state index contributed by atoms with van der Waals surface area (Å²) < 4.78 is 10.8. The molecule has 2 aliphatic rings. The van der Waals surface area contributed by atoms with Gasteiger partial charge >= 0.3 is 11.8 Å². The minimum absolute atomic E-state index is 0.0976. The predicted molar refractivity (Wildman–Crippen MR) is 82.5 cm³/mol. The number of ether oxygens (including phenoxy) is 2. The van der Waals surface area contributed by atoms with Gasteiger partial charge in [-0.05, 0) is 25.0 Å². The molecule has 0 atom stereocenters. The number of nitrogens with one attached hydrogen (secondary N) is 2. The molecule has 2 amide bonds. The second kappa shape index (κ2) is 6.45. The molecule has 0 radical (unpaired) electrons. The highest BCUT2D eigenvalue weighted by Crippen LogP contribution is 2.32. The van der Waals surface area contributed by atoms with Crippen molar-refractivity contribution in [3.05, 3.63) is 18.2 Å². The van der Waals surface area contributed by atoms with Gasteiger partial charge in [0.25, 0.3) is 0 Å². The van der Waals surface area contributed by atoms with E-state index in [1.54, 1.807) is 18.2 Å². The average molecular weight is 320 g/mol. The van der Waals surface area contributed by atoms with Crippen molar-refractivity contribution >= 4 is 17.5 Å². The van der Waals surface area contributed by atoms with Gasteiger partial charge in [0.2, 0.25) is 0 Å². The van der Waals surface area contributed by atoms with Crippen molar-refractivity contribution < 1.29 is 24.2 Å². The third-order valence-electron chi connectivity index (χ3n) is 4.12. The molecule has 1 heterocycles. The van der Waals surface area contributed by atoms with Crippen molar-refractivity contribution in [1.29, 1.82) is 0 Å². The normalized spacial score (nSPS) is 18.3. The van der Waals surface area contributed by atoms with Gasteiger partial charge in [-0.1, -0.05) is 12.8 Å². The van der Waals surface area contributed by atoms with E-state index in [0.717, 1.165) is 12.8 Å². The number of benzene rings is 1. The first-order valence-corrected chi connectivity index (χ1v) is 7.77. The first-order valence-electron chi connectivity index (χ1n) is 7.77. The van der Waals surface area contributed by atoms with E-state index in [-0.39, 0.29) is 6.54 Å². The topological polar surface area (TPSA) is 96.9 Å². The summed E-state index contributed by atoms with van der Waals surface area (Å²) in [5, 5.41) is 15.2. The van der Waals surface area contributed by atoms with E-state index in [9.17, 15) is 14.7 Å². The van der Waals surface area contributed by atoms with Crippen molar-refractivity contribution in [2.75, 3.05) is 25.1 Å². The lowest BCUT2D eigenvalue weighted by Crippen LogP contribution is -2.44. The number of hydrogen-bond donors (Lipinski definition) is 3. The lowest BCUT2D eigenvalue weighted by Gasteiger charge is -2.22. The Bertz CT molecular complexity index is 610. The maximum Gasteiger partial charge on any atom is 0.313 e. The summed E-state index contributed by atoms with van der Waals surface area (Å²) in [6.07, 6.45) is 3.18. The number of hydrogen-bond acceptors (Lipinski definition) is 5. The van der Waals surface area contributed by atoms with Crippen LogP contribution in [0.4, 0.5) is 5.69 Å². The Labute approximate surface area is 134 Å². The Morgan fingerprint density at radius 1 is 1.09 bits per heavy atom. The van der Waals surface area contributed by atoms with Crippen LogP contribution in [0, 0.1) is 0 Å². The van der Waals surface area contributed by atoms with Gasteiger partial charge in [0.1, 0.15) is 13.2 Å². The van der Waals surface area contributed by atoms with Crippen LogP contribution in [0.1, 0.15) is 25.7 Å². The fourth-order valence-electron chi connectivity index (χ4n) is 2.84. The molecule has 3 N–H and O–H groups in total. The summed E-state index contributed by atoms with van der Waals surface area (Å²) in [5.74, 6) is -0.389. The molecular weight excluding hydrogens is 300 g/mol. The maximum absolute atomic E-state index is 11.9. The maximum atomic E-state index is 11.9. The van der Waals surface area contributed by atoms with Gasteiger partial charge in [-0.25, -0.2) is 0 Å². The summed E-state index contributed by atoms with van der Waals surface area (Å²) in [5.41, 5.74) is -0.429. The van der Waals surface area contributed by atoms with Crippen LogP contribution in [0.5, 0.6) is 11.5 Å². The van der Waals surface area contributed by atoms with Crippen molar-refractivity contribution in [1.82, 2.24) is 5.32 Å². The molecule has 0 unspecified atom stereocenters. The summed E-state index contributed by atoms with van der Waals surface area (Å²) in [6, 6.07) is 4.94. The average Bonchev–Trinajstić information content (AvgIpc) is 2.99. The van der Waals surface area contributed by atoms with Crippen LogP contribution in [0.15, 0.2) is 18.2 Å². The smallest absolute Gasteiger partial charge is 0.313 e. The van der Waals surface area contributed by atoms with E-state index in [1.807, 2.05) is 0 Å². The van der Waals surface area contributed by atoms with E-state index in [4.69, 9.17) is 9.47 Å². The van der Waals surface area contributed by atoms with E-state index >= 15 is 0 Å². The molecule has 0 spiro atoms. The summed E-state index contributed by atoms with van der Waals surface area (Å²) in [6.45, 7) is 1.04. The van der Waals surface area contributed by atoms with E-state index in [1.165, 1.54) is 0 Å². The van der Waals surface area contributed by atoms with Crippen LogP contribution >= 0.6 is 0 Å². The highest BCUT2D eigenvalue weighted by atomic mass is 16.6. The van der Waals surface area contributed by atoms with Gasteiger partial charge in [0.05, 0.1) is 5.60 Å². The molecule has 1 aliphatic heterocycles. The summed E-state index contributed by atoms with van der Waals surface area (Å²) in [7, 11) is 0. The van der Waals surface area contributed by atoms with E-state index in [0.29, 0.717) is 43.2 Å². The lowest BCUT2D eigenvalue weighted by molar-refractivity contribution is -0.136. The zero-order valence-electron chi connectivity index (χ0n) is 12.8. The SMILES string of the molecule is O=C(NCC1(O)CCCC1)C(=O)Nc1ccc2c(c1)OCCO2. The minimum atomic E-state index is -0.882. The van der Waals surface area contributed by atoms with Gasteiger partial charge < -0.3 is 25.2 Å². The third-order valence-corrected chi connectivity index (χ3v) is 4.12. The molecular formula is C16H20N2O5. The van der Waals surface area contributed by atoms with E-state index < -0.39 is 17.4 Å². The van der Waals surface area contributed by atoms with Gasteiger partial charge in [-0.3, -0.25) is 9.59 Å². The molecule has 3 rings (SSSR count).